The van der Waals surface area contributed by atoms with Gasteiger partial charge in [-0.25, -0.2) is 12.6 Å². The minimum absolute atomic E-state index is 0. The van der Waals surface area contributed by atoms with Gasteiger partial charge in [0.2, 0.25) is 0 Å². The molecule has 0 bridgehead atoms. The molecule has 0 unspecified atom stereocenters. The molecule has 0 fully saturated rings. The van der Waals surface area contributed by atoms with Gasteiger partial charge >= 0.3 is 29.6 Å². The van der Waals surface area contributed by atoms with Crippen molar-refractivity contribution in [2.75, 3.05) is 0 Å². The Labute approximate surface area is 127 Å². The molecule has 17 heavy (non-hydrogen) atoms. The minimum atomic E-state index is -5.64. The molecule has 0 aliphatic rings. The summed E-state index contributed by atoms with van der Waals surface area (Å²) in [7, 11) is -16.9. The Morgan fingerprint density at radius 3 is 0.588 bits per heavy atom. The smallest absolute Gasteiger partial charge is 0.786 e. The Kier molecular flexibility index (Phi) is 23.6. The normalized spacial score (nSPS) is 10.4. The molecule has 0 aromatic heterocycles. The third-order valence-corrected chi connectivity index (χ3v) is 0. The monoisotopic (exact) mass is 368 g/mol. The molecule has 9 nitrogen and oxygen atoms in total. The van der Waals surface area contributed by atoms with Crippen LogP contribution in [0.4, 0.5) is 12.6 Å². The topological polar surface area (TPSA) is 190 Å². The van der Waals surface area contributed by atoms with Crippen LogP contribution in [0.5, 0.6) is 0 Å². The maximum Gasteiger partial charge on any atom is 1.00 e. The van der Waals surface area contributed by atoms with Crippen LogP contribution in [0.1, 0.15) is 0 Å². The molecule has 0 N–H and O–H groups in total. The maximum absolute atomic E-state index is 10.1. The first kappa shape index (κ1) is 31.3. The van der Waals surface area contributed by atoms with Gasteiger partial charge in [-0.05, 0) is 0 Å². The molecule has 0 aliphatic heterocycles. The van der Waals surface area contributed by atoms with Gasteiger partial charge in [0.1, 0.15) is 23.7 Å². The summed E-state index contributed by atoms with van der Waals surface area (Å²) in [5, 5.41) is 0. The van der Waals surface area contributed by atoms with Crippen molar-refractivity contribution in [3.63, 3.8) is 0 Å². The zero-order valence-electron chi connectivity index (χ0n) is 7.60. The van der Waals surface area contributed by atoms with Crippen molar-refractivity contribution >= 4 is 23.7 Å². The van der Waals surface area contributed by atoms with E-state index in [2.05, 4.69) is 0 Å². The van der Waals surface area contributed by atoms with E-state index in [1.54, 1.807) is 0 Å². The standard InChI is InChI=1S/3FH2O3P.Na.V/c3*1-5(2,3)4;;/h3*(H2,2,3,4);;/q;;;+1;/p-6. The molecule has 0 atom stereocenters. The summed E-state index contributed by atoms with van der Waals surface area (Å²) in [5.74, 6) is 0. The Bertz CT molecular complexity index is 218. The van der Waals surface area contributed by atoms with Gasteiger partial charge in [-0.3, -0.25) is 0 Å². The van der Waals surface area contributed by atoms with Gasteiger partial charge in [-0.1, -0.05) is 0 Å². The van der Waals surface area contributed by atoms with Crippen LogP contribution in [0.15, 0.2) is 0 Å². The van der Waals surface area contributed by atoms with E-state index < -0.39 is 23.7 Å². The molecule has 0 aliphatic carbocycles. The van der Waals surface area contributed by atoms with Gasteiger partial charge in [-0.2, -0.15) is 0 Å². The van der Waals surface area contributed by atoms with Gasteiger partial charge in [0.25, 0.3) is 0 Å². The van der Waals surface area contributed by atoms with Gasteiger partial charge in [-0.15, -0.1) is 0 Å². The third kappa shape index (κ3) is 1340. The van der Waals surface area contributed by atoms with Crippen molar-refractivity contribution < 1.29 is 104 Å². The average Bonchev–Trinajstić information content (AvgIpc) is 1.41. The first-order chi connectivity index (χ1) is 6.00. The predicted octanol–water partition coefficient (Wildman–Crippen LogP) is -6.64. The Morgan fingerprint density at radius 1 is 0.588 bits per heavy atom. The first-order valence-corrected chi connectivity index (χ1v) is 6.45. The molecule has 101 valence electrons. The molecule has 0 saturated heterocycles. The largest absolute Gasteiger partial charge is 1.00 e. The van der Waals surface area contributed by atoms with E-state index >= 15 is 0 Å². The fourth-order valence-electron chi connectivity index (χ4n) is 0. The van der Waals surface area contributed by atoms with Crippen molar-refractivity contribution in [1.82, 2.24) is 0 Å². The van der Waals surface area contributed by atoms with Crippen LogP contribution in [-0.4, -0.2) is 0 Å². The summed E-state index contributed by atoms with van der Waals surface area (Å²) < 4.78 is 55.7. The van der Waals surface area contributed by atoms with E-state index in [9.17, 15) is 12.6 Å². The van der Waals surface area contributed by atoms with Crippen molar-refractivity contribution in [2.45, 2.75) is 0 Å². The molecule has 0 saturated carbocycles. The van der Waals surface area contributed by atoms with E-state index in [1.807, 2.05) is 0 Å². The molecule has 0 aromatic carbocycles. The van der Waals surface area contributed by atoms with Crippen LogP contribution in [0.3, 0.4) is 0 Å². The molecule has 17 heteroatoms. The van der Waals surface area contributed by atoms with E-state index in [0.717, 1.165) is 0 Å². The fraction of sp³-hybridized carbons (Fsp3) is 0. The second-order valence-electron chi connectivity index (χ2n) is 1.29. The maximum atomic E-state index is 10.1. The molecule has 0 spiro atoms. The summed E-state index contributed by atoms with van der Waals surface area (Å²) >= 11 is 0. The summed E-state index contributed by atoms with van der Waals surface area (Å²) in [6, 6.07) is 0. The molecular formula is F3NaO9P3V-5. The molecule has 0 rings (SSSR count). The molecule has 0 amide bonds. The summed E-state index contributed by atoms with van der Waals surface area (Å²) in [5.41, 5.74) is 0. The number of halogens is 3. The zero-order valence-corrected chi connectivity index (χ0v) is 13.7. The first-order valence-electron chi connectivity index (χ1n) is 2.15. The third-order valence-electron chi connectivity index (χ3n) is 0. The van der Waals surface area contributed by atoms with Gasteiger partial charge < -0.3 is 43.1 Å². The summed E-state index contributed by atoms with van der Waals surface area (Å²) in [6.45, 7) is 0. The summed E-state index contributed by atoms with van der Waals surface area (Å²) in [6.07, 6.45) is 0. The molecule has 0 heterocycles. The van der Waals surface area contributed by atoms with Crippen LogP contribution in [0.2, 0.25) is 0 Å². The van der Waals surface area contributed by atoms with E-state index in [-0.39, 0.29) is 48.1 Å². The number of rotatable bonds is 0. The number of hydrogen-bond acceptors (Lipinski definition) is 9. The van der Waals surface area contributed by atoms with E-state index in [0.29, 0.717) is 0 Å². The molecule has 1 radical (unpaired) electrons. The Morgan fingerprint density at radius 2 is 0.588 bits per heavy atom. The quantitative estimate of drug-likeness (QED) is 0.295. The zero-order chi connectivity index (χ0) is 13.5. The van der Waals surface area contributed by atoms with E-state index in [4.69, 9.17) is 43.1 Å². The van der Waals surface area contributed by atoms with E-state index in [1.165, 1.54) is 0 Å². The molecule has 0 aromatic rings. The fourth-order valence-corrected chi connectivity index (χ4v) is 0. The second kappa shape index (κ2) is 12.8. The predicted molar refractivity (Wildman–Crippen MR) is 26.1 cm³/mol. The van der Waals surface area contributed by atoms with Gasteiger partial charge in [0.05, 0.1) is 0 Å². The average molecular weight is 368 g/mol. The van der Waals surface area contributed by atoms with Crippen LogP contribution >= 0.6 is 23.7 Å². The van der Waals surface area contributed by atoms with Crippen molar-refractivity contribution in [3.05, 3.63) is 0 Å². The Hall–Kier alpha value is 1.82. The van der Waals surface area contributed by atoms with Crippen LogP contribution in [0, 0.1) is 0 Å². The molecular weight excluding hydrogens is 368 g/mol. The van der Waals surface area contributed by atoms with Crippen molar-refractivity contribution in [3.8, 4) is 0 Å². The van der Waals surface area contributed by atoms with Crippen molar-refractivity contribution in [1.29, 1.82) is 0 Å². The summed E-state index contributed by atoms with van der Waals surface area (Å²) in [4.78, 5) is 50.6. The Balaban J connectivity index is -0.0000000400. The van der Waals surface area contributed by atoms with Gasteiger partial charge in [0.15, 0.2) is 0 Å². The minimum Gasteiger partial charge on any atom is -0.786 e. The number of hydrogen-bond donors (Lipinski definition) is 0. The second-order valence-corrected chi connectivity index (χ2v) is 3.88. The van der Waals surface area contributed by atoms with Crippen molar-refractivity contribution in [2.24, 2.45) is 0 Å². The van der Waals surface area contributed by atoms with Gasteiger partial charge in [0, 0.05) is 18.6 Å². The SMILES string of the molecule is O=P([O-])([O-])F.O=P([O-])([O-])F.O=P([O-])([O-])F.[Na+].[V]. The van der Waals surface area contributed by atoms with Crippen LogP contribution in [0.25, 0.3) is 0 Å². The van der Waals surface area contributed by atoms with Crippen LogP contribution < -0.4 is 58.9 Å². The van der Waals surface area contributed by atoms with Crippen LogP contribution in [-0.2, 0) is 32.3 Å².